The molecule has 1 amide bonds. The minimum atomic E-state index is -0.534. The van der Waals surface area contributed by atoms with E-state index < -0.39 is 11.1 Å². The fourth-order valence-electron chi connectivity index (χ4n) is 1.79. The average molecular weight is 352 g/mol. The van der Waals surface area contributed by atoms with Gasteiger partial charge in [-0.2, -0.15) is 4.98 Å². The summed E-state index contributed by atoms with van der Waals surface area (Å²) in [6.07, 6.45) is 3.34. The molecule has 2 aromatic heterocycles. The zero-order valence-corrected chi connectivity index (χ0v) is 13.5. The fraction of sp³-hybridized carbons (Fsp3) is 0.143. The maximum Gasteiger partial charge on any atom is 0.253 e. The summed E-state index contributed by atoms with van der Waals surface area (Å²) < 4.78 is 14.6. The molecule has 0 saturated carbocycles. The second-order valence-corrected chi connectivity index (χ2v) is 6.35. The van der Waals surface area contributed by atoms with Gasteiger partial charge in [-0.05, 0) is 31.2 Å². The lowest BCUT2D eigenvalue weighted by Crippen LogP contribution is -2.22. The number of amides is 1. The van der Waals surface area contributed by atoms with Crippen molar-refractivity contribution in [2.45, 2.75) is 17.3 Å². The molecule has 1 aromatic carbocycles. The normalized spacial score (nSPS) is 12.3. The van der Waals surface area contributed by atoms with Gasteiger partial charge in [0.15, 0.2) is 0 Å². The lowest BCUT2D eigenvalue weighted by atomic mass is 10.3. The Balaban J connectivity index is 1.68. The zero-order chi connectivity index (χ0) is 16.4. The highest BCUT2D eigenvalue weighted by Gasteiger charge is 2.18. The molecule has 0 spiro atoms. The molecule has 0 bridgehead atoms. The van der Waals surface area contributed by atoms with Crippen molar-refractivity contribution in [3.63, 3.8) is 0 Å². The second kappa shape index (κ2) is 6.51. The summed E-state index contributed by atoms with van der Waals surface area (Å²) in [5.74, 6) is -0.328. The molecule has 23 heavy (non-hydrogen) atoms. The molecule has 9 heteroatoms. The highest BCUT2D eigenvalue weighted by Crippen LogP contribution is 2.23. The van der Waals surface area contributed by atoms with Gasteiger partial charge >= 0.3 is 0 Å². The van der Waals surface area contributed by atoms with Gasteiger partial charge in [0, 0.05) is 18.1 Å². The standard InChI is InChI=1S/C14H11ClFN5OS/c1-8(12(22)18-9-3-4-11(16)10(15)7-9)23-14-19-13-17-5-2-6-21(13)20-14/h2-8H,1H3,(H,18,22). The van der Waals surface area contributed by atoms with Gasteiger partial charge in [-0.3, -0.25) is 4.79 Å². The third kappa shape index (κ3) is 3.59. The number of thioether (sulfide) groups is 1. The Bertz CT molecular complexity index is 838. The number of benzene rings is 1. The number of rotatable bonds is 4. The number of carbonyl (C=O) groups is 1. The maximum absolute atomic E-state index is 13.1. The lowest BCUT2D eigenvalue weighted by molar-refractivity contribution is -0.115. The number of anilines is 1. The molecule has 6 nitrogen and oxygen atoms in total. The molecule has 1 N–H and O–H groups in total. The van der Waals surface area contributed by atoms with E-state index in [0.717, 1.165) is 0 Å². The van der Waals surface area contributed by atoms with Crippen LogP contribution in [0.3, 0.4) is 0 Å². The van der Waals surface area contributed by atoms with Crippen LogP contribution >= 0.6 is 23.4 Å². The summed E-state index contributed by atoms with van der Waals surface area (Å²) in [5, 5.41) is 6.85. The number of nitrogens with one attached hydrogen (secondary N) is 1. The van der Waals surface area contributed by atoms with Crippen LogP contribution in [0.25, 0.3) is 5.78 Å². The van der Waals surface area contributed by atoms with Crippen LogP contribution in [-0.2, 0) is 4.79 Å². The van der Waals surface area contributed by atoms with E-state index in [0.29, 0.717) is 16.6 Å². The van der Waals surface area contributed by atoms with Crippen LogP contribution in [0.2, 0.25) is 5.02 Å². The molecule has 0 aliphatic rings. The van der Waals surface area contributed by atoms with Crippen molar-refractivity contribution in [3.05, 3.63) is 47.5 Å². The van der Waals surface area contributed by atoms with E-state index in [1.54, 1.807) is 25.4 Å². The van der Waals surface area contributed by atoms with Crippen molar-refractivity contribution in [3.8, 4) is 0 Å². The smallest absolute Gasteiger partial charge is 0.253 e. The summed E-state index contributed by atoms with van der Waals surface area (Å²) in [7, 11) is 0. The SMILES string of the molecule is CC(Sc1nc2ncccn2n1)C(=O)Nc1ccc(F)c(Cl)c1. The summed E-state index contributed by atoms with van der Waals surface area (Å²) in [6.45, 7) is 1.73. The number of nitrogens with zero attached hydrogens (tertiary/aromatic N) is 4. The Hall–Kier alpha value is -2.19. The minimum Gasteiger partial charge on any atom is -0.325 e. The van der Waals surface area contributed by atoms with Crippen LogP contribution in [0, 0.1) is 5.82 Å². The van der Waals surface area contributed by atoms with E-state index in [9.17, 15) is 9.18 Å². The van der Waals surface area contributed by atoms with Gasteiger partial charge in [0.05, 0.1) is 10.3 Å². The van der Waals surface area contributed by atoms with E-state index in [4.69, 9.17) is 11.6 Å². The van der Waals surface area contributed by atoms with E-state index in [1.807, 2.05) is 0 Å². The number of hydrogen-bond donors (Lipinski definition) is 1. The second-order valence-electron chi connectivity index (χ2n) is 4.64. The van der Waals surface area contributed by atoms with E-state index in [1.165, 1.54) is 34.5 Å². The first-order valence-corrected chi connectivity index (χ1v) is 7.88. The predicted octanol–water partition coefficient (Wildman–Crippen LogP) is 3.04. The first kappa shape index (κ1) is 15.7. The van der Waals surface area contributed by atoms with Crippen molar-refractivity contribution in [2.75, 3.05) is 5.32 Å². The molecule has 3 rings (SSSR count). The van der Waals surface area contributed by atoms with Crippen molar-refractivity contribution in [1.82, 2.24) is 19.6 Å². The van der Waals surface area contributed by atoms with Gasteiger partial charge in [-0.25, -0.2) is 13.9 Å². The summed E-state index contributed by atoms with van der Waals surface area (Å²) >= 11 is 6.89. The highest BCUT2D eigenvalue weighted by atomic mass is 35.5. The molecule has 118 valence electrons. The number of hydrogen-bond acceptors (Lipinski definition) is 5. The van der Waals surface area contributed by atoms with Crippen LogP contribution in [0.5, 0.6) is 0 Å². The zero-order valence-electron chi connectivity index (χ0n) is 11.9. The summed E-state index contributed by atoms with van der Waals surface area (Å²) in [5.41, 5.74) is 0.429. The Kier molecular flexibility index (Phi) is 4.44. The Morgan fingerprint density at radius 1 is 1.48 bits per heavy atom. The Morgan fingerprint density at radius 3 is 3.04 bits per heavy atom. The topological polar surface area (TPSA) is 72.2 Å². The van der Waals surface area contributed by atoms with Crippen LogP contribution in [0.1, 0.15) is 6.92 Å². The van der Waals surface area contributed by atoms with Gasteiger partial charge in [0.1, 0.15) is 5.82 Å². The molecule has 3 aromatic rings. The first-order chi connectivity index (χ1) is 11.0. The third-order valence-electron chi connectivity index (χ3n) is 2.94. The number of fused-ring (bicyclic) bond motifs is 1. The van der Waals surface area contributed by atoms with Crippen molar-refractivity contribution < 1.29 is 9.18 Å². The predicted molar refractivity (Wildman–Crippen MR) is 86.1 cm³/mol. The van der Waals surface area contributed by atoms with Crippen LogP contribution in [0.15, 0.2) is 41.8 Å². The van der Waals surface area contributed by atoms with E-state index >= 15 is 0 Å². The molecule has 2 heterocycles. The highest BCUT2D eigenvalue weighted by molar-refractivity contribution is 8.00. The monoisotopic (exact) mass is 351 g/mol. The molecule has 0 aliphatic carbocycles. The quantitative estimate of drug-likeness (QED) is 0.731. The summed E-state index contributed by atoms with van der Waals surface area (Å²) in [4.78, 5) is 20.5. The minimum absolute atomic E-state index is 0.0452. The van der Waals surface area contributed by atoms with Crippen molar-refractivity contribution in [2.24, 2.45) is 0 Å². The van der Waals surface area contributed by atoms with E-state index in [-0.39, 0.29) is 10.9 Å². The Labute approximate surface area is 140 Å². The summed E-state index contributed by atoms with van der Waals surface area (Å²) in [6, 6.07) is 5.75. The third-order valence-corrected chi connectivity index (χ3v) is 4.18. The molecule has 0 aliphatic heterocycles. The van der Waals surface area contributed by atoms with Gasteiger partial charge in [-0.1, -0.05) is 23.4 Å². The van der Waals surface area contributed by atoms with Gasteiger partial charge in [0.2, 0.25) is 11.1 Å². The van der Waals surface area contributed by atoms with Crippen LogP contribution in [0.4, 0.5) is 10.1 Å². The molecular formula is C14H11ClFN5OS. The van der Waals surface area contributed by atoms with E-state index in [2.05, 4.69) is 20.4 Å². The van der Waals surface area contributed by atoms with Crippen LogP contribution in [-0.4, -0.2) is 30.7 Å². The first-order valence-electron chi connectivity index (χ1n) is 6.63. The van der Waals surface area contributed by atoms with Crippen molar-refractivity contribution >= 4 is 40.7 Å². The van der Waals surface area contributed by atoms with Gasteiger partial charge in [-0.15, -0.1) is 5.10 Å². The number of carbonyl (C=O) groups excluding carboxylic acids is 1. The molecular weight excluding hydrogens is 341 g/mol. The molecule has 1 unspecified atom stereocenters. The molecule has 0 fully saturated rings. The van der Waals surface area contributed by atoms with Gasteiger partial charge in [0.25, 0.3) is 5.78 Å². The largest absolute Gasteiger partial charge is 0.325 e. The number of halogens is 2. The molecule has 0 saturated heterocycles. The maximum atomic E-state index is 13.1. The molecule has 1 atom stereocenters. The average Bonchev–Trinajstić information content (AvgIpc) is 2.93. The number of aromatic nitrogens is 4. The van der Waals surface area contributed by atoms with Gasteiger partial charge < -0.3 is 5.32 Å². The van der Waals surface area contributed by atoms with Crippen molar-refractivity contribution in [1.29, 1.82) is 0 Å². The lowest BCUT2D eigenvalue weighted by Gasteiger charge is -2.10. The Morgan fingerprint density at radius 2 is 2.30 bits per heavy atom. The van der Waals surface area contributed by atoms with Crippen LogP contribution < -0.4 is 5.32 Å². The molecule has 0 radical (unpaired) electrons. The fourth-order valence-corrected chi connectivity index (χ4v) is 2.73.